The molecule has 1 aromatic carbocycles. The summed E-state index contributed by atoms with van der Waals surface area (Å²) in [5.74, 6) is -1.31. The topological polar surface area (TPSA) is 63.1 Å². The number of hydrogen-bond acceptors (Lipinski definition) is 4. The summed E-state index contributed by atoms with van der Waals surface area (Å²) in [6.45, 7) is 0. The molecule has 1 N–H and O–H groups in total. The minimum Gasteiger partial charge on any atom is -0.478 e. The van der Waals surface area contributed by atoms with Crippen LogP contribution in [0.4, 0.5) is 4.39 Å². The maximum Gasteiger partial charge on any atom is 0.335 e. The molecule has 0 aliphatic rings. The molecule has 2 aromatic heterocycles. The fourth-order valence-corrected chi connectivity index (χ4v) is 2.62. The second kappa shape index (κ2) is 5.41. The van der Waals surface area contributed by atoms with Crippen LogP contribution in [0.1, 0.15) is 10.4 Å². The molecule has 0 saturated heterocycles. The van der Waals surface area contributed by atoms with Gasteiger partial charge < -0.3 is 5.11 Å². The van der Waals surface area contributed by atoms with Crippen molar-refractivity contribution in [3.8, 4) is 22.0 Å². The van der Waals surface area contributed by atoms with Crippen molar-refractivity contribution >= 4 is 17.3 Å². The fourth-order valence-electron chi connectivity index (χ4n) is 1.83. The number of aromatic nitrogens is 2. The zero-order valence-electron chi connectivity index (χ0n) is 10.7. The highest BCUT2D eigenvalue weighted by atomic mass is 32.1. The van der Waals surface area contributed by atoms with Crippen LogP contribution in [0.25, 0.3) is 22.0 Å². The van der Waals surface area contributed by atoms with Gasteiger partial charge in [-0.15, -0.1) is 11.3 Å². The van der Waals surface area contributed by atoms with E-state index in [2.05, 4.69) is 9.97 Å². The standard InChI is InChI=1S/C15H9FN2O2S/c16-11-3-1-9(2-4-11)13-8-21-14(18-13)12-7-10(15(19)20)5-6-17-12/h1-8H,(H,19,20). The third kappa shape index (κ3) is 2.80. The molecule has 0 saturated carbocycles. The number of carboxylic acid groups (broad SMARTS) is 1. The second-order valence-electron chi connectivity index (χ2n) is 4.28. The lowest BCUT2D eigenvalue weighted by Gasteiger charge is -1.98. The Labute approximate surface area is 123 Å². The van der Waals surface area contributed by atoms with Crippen molar-refractivity contribution in [1.29, 1.82) is 0 Å². The lowest BCUT2D eigenvalue weighted by molar-refractivity contribution is 0.0697. The van der Waals surface area contributed by atoms with E-state index in [-0.39, 0.29) is 11.4 Å². The lowest BCUT2D eigenvalue weighted by atomic mass is 10.2. The predicted molar refractivity (Wildman–Crippen MR) is 77.7 cm³/mol. The van der Waals surface area contributed by atoms with Crippen LogP contribution in [0, 0.1) is 5.82 Å². The van der Waals surface area contributed by atoms with Crippen molar-refractivity contribution in [3.63, 3.8) is 0 Å². The Kier molecular flexibility index (Phi) is 3.45. The molecule has 0 fully saturated rings. The van der Waals surface area contributed by atoms with Gasteiger partial charge in [0.2, 0.25) is 0 Å². The van der Waals surface area contributed by atoms with Gasteiger partial charge in [0.1, 0.15) is 10.8 Å². The molecule has 2 heterocycles. The first-order chi connectivity index (χ1) is 10.1. The van der Waals surface area contributed by atoms with Crippen molar-refractivity contribution in [1.82, 2.24) is 9.97 Å². The highest BCUT2D eigenvalue weighted by Crippen LogP contribution is 2.28. The number of nitrogens with zero attached hydrogens (tertiary/aromatic N) is 2. The minimum atomic E-state index is -1.01. The molecule has 3 aromatic rings. The van der Waals surface area contributed by atoms with E-state index in [0.29, 0.717) is 16.4 Å². The Morgan fingerprint density at radius 1 is 1.14 bits per heavy atom. The van der Waals surface area contributed by atoms with E-state index in [1.54, 1.807) is 12.1 Å². The molecule has 0 aliphatic heterocycles. The second-order valence-corrected chi connectivity index (χ2v) is 5.14. The van der Waals surface area contributed by atoms with Gasteiger partial charge in [0.05, 0.1) is 17.0 Å². The highest BCUT2D eigenvalue weighted by Gasteiger charge is 2.10. The van der Waals surface area contributed by atoms with E-state index in [1.165, 1.54) is 41.8 Å². The third-order valence-corrected chi connectivity index (χ3v) is 3.73. The van der Waals surface area contributed by atoms with E-state index in [1.807, 2.05) is 5.38 Å². The fraction of sp³-hybridized carbons (Fsp3) is 0. The van der Waals surface area contributed by atoms with Crippen molar-refractivity contribution in [2.24, 2.45) is 0 Å². The predicted octanol–water partition coefficient (Wildman–Crippen LogP) is 3.71. The zero-order chi connectivity index (χ0) is 14.8. The summed E-state index contributed by atoms with van der Waals surface area (Å²) in [7, 11) is 0. The van der Waals surface area contributed by atoms with Gasteiger partial charge >= 0.3 is 5.97 Å². The number of carboxylic acids is 1. The number of rotatable bonds is 3. The molecule has 0 bridgehead atoms. The maximum absolute atomic E-state index is 12.9. The molecule has 4 nitrogen and oxygen atoms in total. The Balaban J connectivity index is 1.96. The summed E-state index contributed by atoms with van der Waals surface area (Å²) < 4.78 is 12.9. The average Bonchev–Trinajstić information content (AvgIpc) is 2.98. The first kappa shape index (κ1) is 13.4. The molecule has 6 heteroatoms. The molecule has 0 unspecified atom stereocenters. The summed E-state index contributed by atoms with van der Waals surface area (Å²) in [6.07, 6.45) is 1.44. The van der Waals surface area contributed by atoms with Gasteiger partial charge in [0.25, 0.3) is 0 Å². The first-order valence-electron chi connectivity index (χ1n) is 6.04. The Morgan fingerprint density at radius 2 is 1.90 bits per heavy atom. The summed E-state index contributed by atoms with van der Waals surface area (Å²) in [4.78, 5) is 19.5. The van der Waals surface area contributed by atoms with Crippen molar-refractivity contribution in [2.45, 2.75) is 0 Å². The minimum absolute atomic E-state index is 0.165. The SMILES string of the molecule is O=C(O)c1ccnc(-c2nc(-c3ccc(F)cc3)cs2)c1. The van der Waals surface area contributed by atoms with Crippen LogP contribution >= 0.6 is 11.3 Å². The normalized spacial score (nSPS) is 10.5. The van der Waals surface area contributed by atoms with Gasteiger partial charge in [-0.3, -0.25) is 4.98 Å². The van der Waals surface area contributed by atoms with Crippen molar-refractivity contribution in [3.05, 3.63) is 59.4 Å². The smallest absolute Gasteiger partial charge is 0.335 e. The van der Waals surface area contributed by atoms with E-state index < -0.39 is 5.97 Å². The van der Waals surface area contributed by atoms with E-state index >= 15 is 0 Å². The van der Waals surface area contributed by atoms with Gasteiger partial charge in [-0.2, -0.15) is 0 Å². The molecule has 0 amide bonds. The average molecular weight is 300 g/mol. The number of hydrogen-bond donors (Lipinski definition) is 1. The summed E-state index contributed by atoms with van der Waals surface area (Å²) in [5, 5.41) is 11.4. The number of benzene rings is 1. The third-order valence-electron chi connectivity index (χ3n) is 2.87. The van der Waals surface area contributed by atoms with Crippen molar-refractivity contribution in [2.75, 3.05) is 0 Å². The van der Waals surface area contributed by atoms with Gasteiger partial charge in [-0.1, -0.05) is 0 Å². The quantitative estimate of drug-likeness (QED) is 0.801. The van der Waals surface area contributed by atoms with Crippen LogP contribution in [0.5, 0.6) is 0 Å². The number of aromatic carboxylic acids is 1. The van der Waals surface area contributed by atoms with Crippen LogP contribution in [-0.4, -0.2) is 21.0 Å². The summed E-state index contributed by atoms with van der Waals surface area (Å²) in [5.41, 5.74) is 2.18. The molecular formula is C15H9FN2O2S. The summed E-state index contributed by atoms with van der Waals surface area (Å²) in [6, 6.07) is 8.95. The molecule has 104 valence electrons. The monoisotopic (exact) mass is 300 g/mol. The van der Waals surface area contributed by atoms with Crippen LogP contribution in [0.2, 0.25) is 0 Å². The number of halogens is 1. The molecule has 3 rings (SSSR count). The highest BCUT2D eigenvalue weighted by molar-refractivity contribution is 7.13. The molecule has 0 spiro atoms. The van der Waals surface area contributed by atoms with Gasteiger partial charge in [-0.05, 0) is 36.4 Å². The van der Waals surface area contributed by atoms with Gasteiger partial charge in [0, 0.05) is 17.1 Å². The maximum atomic E-state index is 12.9. The number of thiazole rings is 1. The van der Waals surface area contributed by atoms with Gasteiger partial charge in [-0.25, -0.2) is 14.2 Å². The molecule has 0 atom stereocenters. The van der Waals surface area contributed by atoms with Crippen LogP contribution < -0.4 is 0 Å². The van der Waals surface area contributed by atoms with Crippen LogP contribution in [-0.2, 0) is 0 Å². The van der Waals surface area contributed by atoms with E-state index in [0.717, 1.165) is 5.56 Å². The number of carbonyl (C=O) groups is 1. The van der Waals surface area contributed by atoms with Crippen LogP contribution in [0.15, 0.2) is 48.0 Å². The molecule has 0 aliphatic carbocycles. The van der Waals surface area contributed by atoms with Gasteiger partial charge in [0.15, 0.2) is 0 Å². The summed E-state index contributed by atoms with van der Waals surface area (Å²) >= 11 is 1.36. The zero-order valence-corrected chi connectivity index (χ0v) is 11.5. The Hall–Kier alpha value is -2.60. The molecular weight excluding hydrogens is 291 g/mol. The molecule has 0 radical (unpaired) electrons. The largest absolute Gasteiger partial charge is 0.478 e. The first-order valence-corrected chi connectivity index (χ1v) is 6.92. The van der Waals surface area contributed by atoms with E-state index in [4.69, 9.17) is 5.11 Å². The van der Waals surface area contributed by atoms with Crippen molar-refractivity contribution < 1.29 is 14.3 Å². The Bertz CT molecular complexity index is 799. The number of pyridine rings is 1. The van der Waals surface area contributed by atoms with Crippen LogP contribution in [0.3, 0.4) is 0 Å². The molecule has 21 heavy (non-hydrogen) atoms. The Morgan fingerprint density at radius 3 is 2.62 bits per heavy atom. The lowest BCUT2D eigenvalue weighted by Crippen LogP contribution is -1.97. The van der Waals surface area contributed by atoms with E-state index in [9.17, 15) is 9.18 Å².